The van der Waals surface area contributed by atoms with Crippen LogP contribution in [0, 0.1) is 0 Å². The molecule has 0 heterocycles. The van der Waals surface area contributed by atoms with Crippen LogP contribution in [0.3, 0.4) is 0 Å². The third kappa shape index (κ3) is 3.06. The number of rotatable bonds is 5. The molecule has 104 valence electrons. The zero-order chi connectivity index (χ0) is 14.6. The predicted molar refractivity (Wildman–Crippen MR) is 79.6 cm³/mol. The summed E-state index contributed by atoms with van der Waals surface area (Å²) in [5.41, 5.74) is 6.81. The Hall–Kier alpha value is -2.13. The van der Waals surface area contributed by atoms with E-state index in [0.29, 0.717) is 6.42 Å². The van der Waals surface area contributed by atoms with Crippen molar-refractivity contribution in [2.45, 2.75) is 24.8 Å². The highest BCUT2D eigenvalue weighted by Crippen LogP contribution is 2.30. The fourth-order valence-electron chi connectivity index (χ4n) is 2.36. The van der Waals surface area contributed by atoms with Crippen molar-refractivity contribution in [1.82, 2.24) is 0 Å². The summed E-state index contributed by atoms with van der Waals surface area (Å²) >= 11 is 0. The lowest BCUT2D eigenvalue weighted by atomic mass is 9.77. The minimum Gasteiger partial charge on any atom is -0.480 e. The van der Waals surface area contributed by atoms with Gasteiger partial charge in [-0.15, -0.1) is 0 Å². The Morgan fingerprint density at radius 1 is 1.10 bits per heavy atom. The summed E-state index contributed by atoms with van der Waals surface area (Å²) < 4.78 is 0. The van der Waals surface area contributed by atoms with Gasteiger partial charge in [0.15, 0.2) is 0 Å². The van der Waals surface area contributed by atoms with Crippen LogP contribution in [0.5, 0.6) is 0 Å². The zero-order valence-electron chi connectivity index (χ0n) is 11.5. The average molecular weight is 269 g/mol. The summed E-state index contributed by atoms with van der Waals surface area (Å²) in [6.07, 6.45) is 0.601. The first-order valence-corrected chi connectivity index (χ1v) is 6.63. The van der Waals surface area contributed by atoms with Gasteiger partial charge in [0, 0.05) is 5.92 Å². The number of hydrogen-bond acceptors (Lipinski definition) is 2. The first-order valence-electron chi connectivity index (χ1n) is 6.63. The van der Waals surface area contributed by atoms with Crippen LogP contribution in [0.15, 0.2) is 60.7 Å². The van der Waals surface area contributed by atoms with E-state index in [2.05, 4.69) is 0 Å². The minimum atomic E-state index is -1.31. The number of nitrogens with two attached hydrogens (primary N) is 1. The molecule has 20 heavy (non-hydrogen) atoms. The van der Waals surface area contributed by atoms with Crippen LogP contribution in [0.1, 0.15) is 24.0 Å². The third-order valence-corrected chi connectivity index (χ3v) is 3.67. The largest absolute Gasteiger partial charge is 0.480 e. The van der Waals surface area contributed by atoms with Crippen molar-refractivity contribution in [2.75, 3.05) is 0 Å². The molecular weight excluding hydrogens is 250 g/mol. The molecule has 0 radical (unpaired) electrons. The van der Waals surface area contributed by atoms with Crippen LogP contribution < -0.4 is 5.73 Å². The molecular formula is C17H19NO2. The Morgan fingerprint density at radius 3 is 2.10 bits per heavy atom. The molecule has 0 saturated carbocycles. The normalized spacial score (nSPS) is 15.3. The molecule has 0 saturated heterocycles. The van der Waals surface area contributed by atoms with Gasteiger partial charge in [0.05, 0.1) is 0 Å². The van der Waals surface area contributed by atoms with Crippen molar-refractivity contribution < 1.29 is 9.90 Å². The summed E-state index contributed by atoms with van der Waals surface area (Å²) in [5.74, 6) is -1.26. The van der Waals surface area contributed by atoms with Crippen molar-refractivity contribution in [2.24, 2.45) is 5.73 Å². The number of hydrogen-bond donors (Lipinski definition) is 2. The highest BCUT2D eigenvalue weighted by Gasteiger charge is 2.38. The number of carboxylic acid groups (broad SMARTS) is 1. The van der Waals surface area contributed by atoms with Crippen LogP contribution in [0.2, 0.25) is 0 Å². The summed E-state index contributed by atoms with van der Waals surface area (Å²) in [6, 6.07) is 19.4. The molecule has 3 heteroatoms. The van der Waals surface area contributed by atoms with E-state index in [4.69, 9.17) is 5.73 Å². The molecule has 0 amide bonds. The van der Waals surface area contributed by atoms with Gasteiger partial charge in [-0.2, -0.15) is 0 Å². The standard InChI is InChI=1S/C17H19NO2/c1-17(18,16(19)20)15(14-10-6-3-7-11-14)12-13-8-4-2-5-9-13/h2-11,15H,12,18H2,1H3,(H,19,20). The van der Waals surface area contributed by atoms with Gasteiger partial charge in [-0.25, -0.2) is 0 Å². The first-order chi connectivity index (χ1) is 9.51. The van der Waals surface area contributed by atoms with E-state index in [-0.39, 0.29) is 5.92 Å². The molecule has 0 aliphatic rings. The number of carboxylic acids is 1. The van der Waals surface area contributed by atoms with E-state index in [1.165, 1.54) is 0 Å². The van der Waals surface area contributed by atoms with Crippen LogP contribution in [-0.2, 0) is 11.2 Å². The second kappa shape index (κ2) is 5.88. The highest BCUT2D eigenvalue weighted by atomic mass is 16.4. The molecule has 0 aliphatic heterocycles. The Bertz CT molecular complexity index is 564. The van der Waals surface area contributed by atoms with Gasteiger partial charge in [-0.1, -0.05) is 60.7 Å². The summed E-state index contributed by atoms with van der Waals surface area (Å²) in [5, 5.41) is 9.43. The molecule has 0 spiro atoms. The molecule has 0 fully saturated rings. The van der Waals surface area contributed by atoms with Crippen molar-refractivity contribution in [3.8, 4) is 0 Å². The molecule has 2 unspecified atom stereocenters. The number of carbonyl (C=O) groups is 1. The lowest BCUT2D eigenvalue weighted by molar-refractivity contribution is -0.143. The van der Waals surface area contributed by atoms with E-state index in [9.17, 15) is 9.90 Å². The van der Waals surface area contributed by atoms with Gasteiger partial charge in [0.2, 0.25) is 0 Å². The molecule has 0 aromatic heterocycles. The maximum atomic E-state index is 11.5. The minimum absolute atomic E-state index is 0.274. The van der Waals surface area contributed by atoms with E-state index in [1.54, 1.807) is 6.92 Å². The zero-order valence-corrected chi connectivity index (χ0v) is 11.5. The molecule has 3 N–H and O–H groups in total. The van der Waals surface area contributed by atoms with Crippen molar-refractivity contribution in [3.05, 3.63) is 71.8 Å². The van der Waals surface area contributed by atoms with Crippen LogP contribution in [0.25, 0.3) is 0 Å². The number of benzene rings is 2. The lowest BCUT2D eigenvalue weighted by Crippen LogP contribution is -2.50. The lowest BCUT2D eigenvalue weighted by Gasteiger charge is -2.31. The van der Waals surface area contributed by atoms with E-state index in [0.717, 1.165) is 11.1 Å². The summed E-state index contributed by atoms with van der Waals surface area (Å²) in [7, 11) is 0. The smallest absolute Gasteiger partial charge is 0.324 e. The molecule has 0 bridgehead atoms. The number of aliphatic carboxylic acids is 1. The first kappa shape index (κ1) is 14.3. The Morgan fingerprint density at radius 2 is 1.60 bits per heavy atom. The molecule has 2 aromatic rings. The summed E-state index contributed by atoms with van der Waals surface area (Å²) in [6.45, 7) is 1.58. The molecule has 3 nitrogen and oxygen atoms in total. The second-order valence-corrected chi connectivity index (χ2v) is 5.24. The van der Waals surface area contributed by atoms with Gasteiger partial charge in [0.25, 0.3) is 0 Å². The van der Waals surface area contributed by atoms with E-state index < -0.39 is 11.5 Å². The maximum absolute atomic E-state index is 11.5. The van der Waals surface area contributed by atoms with Crippen LogP contribution in [0.4, 0.5) is 0 Å². The highest BCUT2D eigenvalue weighted by molar-refractivity contribution is 5.79. The SMILES string of the molecule is CC(N)(C(=O)O)C(Cc1ccccc1)c1ccccc1. The van der Waals surface area contributed by atoms with Gasteiger partial charge in [-0.05, 0) is 24.5 Å². The Balaban J connectivity index is 2.37. The fourth-order valence-corrected chi connectivity index (χ4v) is 2.36. The summed E-state index contributed by atoms with van der Waals surface area (Å²) in [4.78, 5) is 11.5. The third-order valence-electron chi connectivity index (χ3n) is 3.67. The van der Waals surface area contributed by atoms with Crippen molar-refractivity contribution in [3.63, 3.8) is 0 Å². The van der Waals surface area contributed by atoms with Crippen molar-refractivity contribution in [1.29, 1.82) is 0 Å². The van der Waals surface area contributed by atoms with Crippen LogP contribution >= 0.6 is 0 Å². The van der Waals surface area contributed by atoms with E-state index >= 15 is 0 Å². The van der Waals surface area contributed by atoms with Gasteiger partial charge in [-0.3, -0.25) is 4.79 Å². The maximum Gasteiger partial charge on any atom is 0.324 e. The molecule has 2 rings (SSSR count). The van der Waals surface area contributed by atoms with Crippen molar-refractivity contribution >= 4 is 5.97 Å². The topological polar surface area (TPSA) is 63.3 Å². The second-order valence-electron chi connectivity index (χ2n) is 5.24. The van der Waals surface area contributed by atoms with Gasteiger partial charge < -0.3 is 10.8 Å². The molecule has 0 aliphatic carbocycles. The fraction of sp³-hybridized carbons (Fsp3) is 0.235. The van der Waals surface area contributed by atoms with Gasteiger partial charge in [0.1, 0.15) is 5.54 Å². The Kier molecular flexibility index (Phi) is 4.20. The average Bonchev–Trinajstić information content (AvgIpc) is 2.46. The molecule has 2 atom stereocenters. The van der Waals surface area contributed by atoms with Crippen LogP contribution in [-0.4, -0.2) is 16.6 Å². The van der Waals surface area contributed by atoms with E-state index in [1.807, 2.05) is 60.7 Å². The van der Waals surface area contributed by atoms with Gasteiger partial charge >= 0.3 is 5.97 Å². The quantitative estimate of drug-likeness (QED) is 0.877. The monoisotopic (exact) mass is 269 g/mol. The Labute approximate surface area is 119 Å². The molecule has 2 aromatic carbocycles. The predicted octanol–water partition coefficient (Wildman–Crippen LogP) is 2.81.